The second kappa shape index (κ2) is 6.55. The minimum Gasteiger partial charge on any atom is -0.266 e. The highest BCUT2D eigenvalue weighted by molar-refractivity contribution is 6.62. The molecule has 1 rings (SSSR count). The van der Waals surface area contributed by atoms with E-state index >= 15 is 0 Å². The lowest BCUT2D eigenvalue weighted by Crippen LogP contribution is -2.40. The summed E-state index contributed by atoms with van der Waals surface area (Å²) in [5.41, 5.74) is 1.97. The van der Waals surface area contributed by atoms with Crippen molar-refractivity contribution in [2.24, 2.45) is 0 Å². The SMILES string of the molecule is CN(NC(=O)C(Cl)=C(Cl)Cl)c1ncccc1[N+](=O)[O-]. The fourth-order valence-corrected chi connectivity index (χ4v) is 1.34. The van der Waals surface area contributed by atoms with Crippen molar-refractivity contribution in [3.63, 3.8) is 0 Å². The molecule has 0 atom stereocenters. The number of carbonyl (C=O) groups is 1. The number of amides is 1. The van der Waals surface area contributed by atoms with Crippen LogP contribution in [0.4, 0.5) is 11.5 Å². The molecule has 0 fully saturated rings. The van der Waals surface area contributed by atoms with Crippen molar-refractivity contribution in [3.05, 3.63) is 38.0 Å². The zero-order chi connectivity index (χ0) is 14.6. The van der Waals surface area contributed by atoms with Crippen LogP contribution in [0.5, 0.6) is 0 Å². The quantitative estimate of drug-likeness (QED) is 0.521. The molecule has 1 N–H and O–H groups in total. The third kappa shape index (κ3) is 3.95. The molecule has 0 saturated heterocycles. The van der Waals surface area contributed by atoms with E-state index in [0.717, 1.165) is 5.01 Å². The van der Waals surface area contributed by atoms with E-state index in [0.29, 0.717) is 0 Å². The molecule has 0 aliphatic carbocycles. The molecule has 7 nitrogen and oxygen atoms in total. The van der Waals surface area contributed by atoms with Gasteiger partial charge in [-0.3, -0.25) is 25.3 Å². The second-order valence-corrected chi connectivity index (χ2v) is 4.50. The van der Waals surface area contributed by atoms with E-state index < -0.39 is 20.4 Å². The van der Waals surface area contributed by atoms with E-state index in [2.05, 4.69) is 10.4 Å². The first-order valence-electron chi connectivity index (χ1n) is 4.69. The molecule has 0 aliphatic heterocycles. The lowest BCUT2D eigenvalue weighted by atomic mass is 10.4. The molecule has 1 amide bonds. The maximum atomic E-state index is 11.5. The van der Waals surface area contributed by atoms with Crippen LogP contribution < -0.4 is 10.4 Å². The highest BCUT2D eigenvalue weighted by Gasteiger charge is 2.20. The van der Waals surface area contributed by atoms with Gasteiger partial charge in [0.1, 0.15) is 9.52 Å². The van der Waals surface area contributed by atoms with Crippen LogP contribution >= 0.6 is 34.8 Å². The maximum Gasteiger partial charge on any atom is 0.313 e. The predicted octanol–water partition coefficient (Wildman–Crippen LogP) is 2.34. The lowest BCUT2D eigenvalue weighted by Gasteiger charge is -2.18. The molecule has 0 radical (unpaired) electrons. The van der Waals surface area contributed by atoms with Crippen LogP contribution in [0.2, 0.25) is 0 Å². The van der Waals surface area contributed by atoms with E-state index in [-0.39, 0.29) is 11.5 Å². The van der Waals surface area contributed by atoms with Gasteiger partial charge in [0, 0.05) is 19.3 Å². The molecule has 1 aromatic rings. The van der Waals surface area contributed by atoms with Crippen molar-refractivity contribution in [1.29, 1.82) is 0 Å². The summed E-state index contributed by atoms with van der Waals surface area (Å²) >= 11 is 16.2. The molecule has 0 saturated carbocycles. The molecule has 0 bridgehead atoms. The fourth-order valence-electron chi connectivity index (χ4n) is 1.13. The predicted molar refractivity (Wildman–Crippen MR) is 72.0 cm³/mol. The molecule has 0 aliphatic rings. The maximum absolute atomic E-state index is 11.5. The Labute approximate surface area is 122 Å². The Balaban J connectivity index is 2.97. The number of aromatic nitrogens is 1. The van der Waals surface area contributed by atoms with Gasteiger partial charge in [0.2, 0.25) is 5.82 Å². The molecule has 10 heteroatoms. The number of anilines is 1. The monoisotopic (exact) mass is 324 g/mol. The van der Waals surface area contributed by atoms with E-state index in [1.807, 2.05) is 0 Å². The lowest BCUT2D eigenvalue weighted by molar-refractivity contribution is -0.384. The summed E-state index contributed by atoms with van der Waals surface area (Å²) in [6.45, 7) is 0. The minimum absolute atomic E-state index is 0.0592. The van der Waals surface area contributed by atoms with Crippen LogP contribution in [-0.2, 0) is 4.79 Å². The normalized spacial score (nSPS) is 9.68. The van der Waals surface area contributed by atoms with Gasteiger partial charge in [-0.15, -0.1) is 0 Å². The Kier molecular flexibility index (Phi) is 5.34. The molecule has 1 heterocycles. The van der Waals surface area contributed by atoms with Crippen molar-refractivity contribution in [2.45, 2.75) is 0 Å². The first kappa shape index (κ1) is 15.5. The smallest absolute Gasteiger partial charge is 0.266 e. The standard InChI is InChI=1S/C9H7Cl3N4O3/c1-15(14-9(17)6(10)7(11)12)8-5(16(18)19)3-2-4-13-8/h2-4H,1H3,(H,14,17). The van der Waals surface area contributed by atoms with Crippen LogP contribution in [-0.4, -0.2) is 22.9 Å². The zero-order valence-corrected chi connectivity index (χ0v) is 11.7. The number of hydrogen-bond acceptors (Lipinski definition) is 5. The third-order valence-electron chi connectivity index (χ3n) is 1.92. The van der Waals surface area contributed by atoms with Gasteiger partial charge in [-0.05, 0) is 6.07 Å². The molecule has 0 aromatic carbocycles. The highest BCUT2D eigenvalue weighted by Crippen LogP contribution is 2.23. The first-order valence-corrected chi connectivity index (χ1v) is 5.83. The summed E-state index contributed by atoms with van der Waals surface area (Å²) in [4.78, 5) is 25.5. The van der Waals surface area contributed by atoms with Gasteiger partial charge >= 0.3 is 5.69 Å². The van der Waals surface area contributed by atoms with Gasteiger partial charge in [0.15, 0.2) is 0 Å². The average molecular weight is 326 g/mol. The van der Waals surface area contributed by atoms with Crippen molar-refractivity contribution >= 4 is 52.2 Å². The molecule has 0 unspecified atom stereocenters. The molecule has 1 aromatic heterocycles. The Morgan fingerprint density at radius 1 is 1.47 bits per heavy atom. The van der Waals surface area contributed by atoms with Gasteiger partial charge in [0.25, 0.3) is 5.91 Å². The summed E-state index contributed by atoms with van der Waals surface area (Å²) < 4.78 is -0.414. The molecular weight excluding hydrogens is 318 g/mol. The fraction of sp³-hybridized carbons (Fsp3) is 0.111. The number of nitrogens with zero attached hydrogens (tertiary/aromatic N) is 3. The first-order chi connectivity index (χ1) is 8.84. The van der Waals surface area contributed by atoms with E-state index in [9.17, 15) is 14.9 Å². The van der Waals surface area contributed by atoms with Gasteiger partial charge in [-0.25, -0.2) is 4.98 Å². The highest BCUT2D eigenvalue weighted by atomic mass is 35.5. The van der Waals surface area contributed by atoms with E-state index in [1.54, 1.807) is 0 Å². The second-order valence-electron chi connectivity index (χ2n) is 3.18. The molecule has 19 heavy (non-hydrogen) atoms. The van der Waals surface area contributed by atoms with Crippen molar-refractivity contribution < 1.29 is 9.72 Å². The summed E-state index contributed by atoms with van der Waals surface area (Å²) in [5.74, 6) is -0.875. The van der Waals surface area contributed by atoms with Crippen molar-refractivity contribution in [3.8, 4) is 0 Å². The molecule has 0 spiro atoms. The number of hydrazine groups is 1. The number of rotatable bonds is 4. The Bertz CT molecular complexity index is 545. The average Bonchev–Trinajstić information content (AvgIpc) is 2.37. The van der Waals surface area contributed by atoms with Crippen molar-refractivity contribution in [1.82, 2.24) is 10.4 Å². The number of hydrogen-bond donors (Lipinski definition) is 1. The molecular formula is C9H7Cl3N4O3. The van der Waals surface area contributed by atoms with Crippen LogP contribution in [0, 0.1) is 10.1 Å². The number of pyridine rings is 1. The largest absolute Gasteiger partial charge is 0.313 e. The third-order valence-corrected chi connectivity index (χ3v) is 2.85. The number of nitro groups is 1. The van der Waals surface area contributed by atoms with Gasteiger partial charge in [-0.1, -0.05) is 34.8 Å². The summed E-state index contributed by atoms with van der Waals surface area (Å²) in [6.07, 6.45) is 1.34. The van der Waals surface area contributed by atoms with E-state index in [1.165, 1.54) is 25.4 Å². The van der Waals surface area contributed by atoms with Crippen molar-refractivity contribution in [2.75, 3.05) is 12.1 Å². The summed E-state index contributed by atoms with van der Waals surface area (Å²) in [7, 11) is 1.36. The summed E-state index contributed by atoms with van der Waals surface area (Å²) in [5, 5.41) is 11.4. The minimum atomic E-state index is -0.816. The number of carbonyl (C=O) groups excluding carboxylic acids is 1. The Hall–Kier alpha value is -1.57. The zero-order valence-electron chi connectivity index (χ0n) is 9.43. The van der Waals surface area contributed by atoms with Gasteiger partial charge in [0.05, 0.1) is 4.92 Å². The number of halogens is 3. The number of nitrogens with one attached hydrogen (secondary N) is 1. The van der Waals surface area contributed by atoms with Crippen LogP contribution in [0.3, 0.4) is 0 Å². The van der Waals surface area contributed by atoms with Crippen LogP contribution in [0.1, 0.15) is 0 Å². The van der Waals surface area contributed by atoms with Gasteiger partial charge < -0.3 is 0 Å². The van der Waals surface area contributed by atoms with E-state index in [4.69, 9.17) is 34.8 Å². The Morgan fingerprint density at radius 3 is 2.63 bits per heavy atom. The summed E-state index contributed by atoms with van der Waals surface area (Å²) in [6, 6.07) is 2.65. The van der Waals surface area contributed by atoms with Crippen LogP contribution in [0.15, 0.2) is 27.9 Å². The van der Waals surface area contributed by atoms with Crippen LogP contribution in [0.25, 0.3) is 0 Å². The van der Waals surface area contributed by atoms with Gasteiger partial charge in [-0.2, -0.15) is 0 Å². The molecule has 102 valence electrons. The Morgan fingerprint density at radius 2 is 2.11 bits per heavy atom. The topological polar surface area (TPSA) is 88.4 Å².